The van der Waals surface area contributed by atoms with Gasteiger partial charge in [-0.2, -0.15) is 0 Å². The quantitative estimate of drug-likeness (QED) is 0.648. The fraction of sp³-hybridized carbons (Fsp3) is 0. The molecule has 0 spiro atoms. The first-order chi connectivity index (χ1) is 6.20. The Labute approximate surface area is 81.5 Å². The first kappa shape index (κ1) is 8.56. The lowest BCUT2D eigenvalue weighted by atomic mass is 10.1. The number of hydrogen-bond donors (Lipinski definition) is 0. The van der Waals surface area contributed by atoms with Gasteiger partial charge in [0.15, 0.2) is 0 Å². The Morgan fingerprint density at radius 3 is 2.46 bits per heavy atom. The number of aromatic nitrogens is 1. The summed E-state index contributed by atoms with van der Waals surface area (Å²) in [4.78, 5) is 3.82. The Hall–Kier alpha value is -1.03. The van der Waals surface area contributed by atoms with Gasteiger partial charge < -0.3 is 0 Å². The van der Waals surface area contributed by atoms with E-state index < -0.39 is 11.6 Å². The van der Waals surface area contributed by atoms with Crippen LogP contribution in [0.3, 0.4) is 0 Å². The molecule has 66 valence electrons. The molecule has 2 aromatic rings. The second-order valence-electron chi connectivity index (χ2n) is 2.55. The normalized spacial score (nSPS) is 10.7. The van der Waals surface area contributed by atoms with Gasteiger partial charge in [-0.25, -0.2) is 13.8 Å². The fourth-order valence-electron chi connectivity index (χ4n) is 1.18. The number of rotatable bonds is 0. The van der Waals surface area contributed by atoms with Crippen LogP contribution in [0.1, 0.15) is 0 Å². The topological polar surface area (TPSA) is 12.9 Å². The third-order valence-electron chi connectivity index (χ3n) is 1.78. The minimum absolute atomic E-state index is 0.183. The summed E-state index contributed by atoms with van der Waals surface area (Å²) in [5, 5.41) is 0.421. The van der Waals surface area contributed by atoms with Crippen LogP contribution in [0.5, 0.6) is 0 Å². The van der Waals surface area contributed by atoms with E-state index in [0.717, 1.165) is 12.1 Å². The van der Waals surface area contributed by atoms with E-state index >= 15 is 0 Å². The van der Waals surface area contributed by atoms with Crippen LogP contribution in [0.2, 0.25) is 0 Å². The fourth-order valence-corrected chi connectivity index (χ4v) is 1.70. The Bertz CT molecular complexity index is 462. The second kappa shape index (κ2) is 3.03. The van der Waals surface area contributed by atoms with Crippen molar-refractivity contribution in [2.45, 2.75) is 0 Å². The average molecular weight is 244 g/mol. The van der Waals surface area contributed by atoms with Crippen molar-refractivity contribution in [3.63, 3.8) is 0 Å². The SMILES string of the molecule is Fc1ccc(F)c2c(Br)nccc12. The van der Waals surface area contributed by atoms with Gasteiger partial charge in [-0.05, 0) is 34.1 Å². The standard InChI is InChI=1S/C9H4BrF2N/c10-9-8-5(3-4-13-9)6(11)1-2-7(8)12/h1-4H. The van der Waals surface area contributed by atoms with E-state index in [-0.39, 0.29) is 10.8 Å². The van der Waals surface area contributed by atoms with Crippen molar-refractivity contribution in [1.82, 2.24) is 4.98 Å². The molecule has 1 aromatic heterocycles. The highest BCUT2D eigenvalue weighted by Crippen LogP contribution is 2.26. The van der Waals surface area contributed by atoms with Crippen LogP contribution >= 0.6 is 15.9 Å². The van der Waals surface area contributed by atoms with E-state index in [1.165, 1.54) is 12.3 Å². The molecule has 2 rings (SSSR count). The van der Waals surface area contributed by atoms with Gasteiger partial charge in [0.05, 0.1) is 5.39 Å². The van der Waals surface area contributed by atoms with Crippen molar-refractivity contribution in [1.29, 1.82) is 0 Å². The third-order valence-corrected chi connectivity index (χ3v) is 2.38. The molecule has 4 heteroatoms. The van der Waals surface area contributed by atoms with Crippen LogP contribution < -0.4 is 0 Å². The molecule has 1 nitrogen and oxygen atoms in total. The van der Waals surface area contributed by atoms with Crippen molar-refractivity contribution < 1.29 is 8.78 Å². The molecular formula is C9H4BrF2N. The molecule has 1 aromatic carbocycles. The molecule has 0 atom stereocenters. The Kier molecular flexibility index (Phi) is 2.00. The van der Waals surface area contributed by atoms with E-state index in [9.17, 15) is 8.78 Å². The molecule has 0 amide bonds. The summed E-state index contributed by atoms with van der Waals surface area (Å²) < 4.78 is 26.6. The molecule has 0 radical (unpaired) electrons. The van der Waals surface area contributed by atoms with E-state index in [1.54, 1.807) is 0 Å². The Balaban J connectivity index is 3.00. The highest BCUT2D eigenvalue weighted by Gasteiger charge is 2.08. The van der Waals surface area contributed by atoms with Gasteiger partial charge >= 0.3 is 0 Å². The minimum atomic E-state index is -0.476. The number of halogens is 3. The van der Waals surface area contributed by atoms with Crippen LogP contribution in [0.4, 0.5) is 8.78 Å². The number of benzene rings is 1. The first-order valence-electron chi connectivity index (χ1n) is 3.58. The molecule has 0 bridgehead atoms. The van der Waals surface area contributed by atoms with Gasteiger partial charge in [-0.1, -0.05) is 0 Å². The maximum atomic E-state index is 13.2. The van der Waals surface area contributed by atoms with Crippen molar-refractivity contribution in [3.8, 4) is 0 Å². The molecule has 0 unspecified atom stereocenters. The summed E-state index contributed by atoms with van der Waals surface area (Å²) in [5.74, 6) is -0.920. The van der Waals surface area contributed by atoms with Crippen molar-refractivity contribution in [2.24, 2.45) is 0 Å². The molecule has 0 fully saturated rings. The summed E-state index contributed by atoms with van der Waals surface area (Å²) in [6, 6.07) is 3.63. The van der Waals surface area contributed by atoms with Crippen LogP contribution in [0.25, 0.3) is 10.8 Å². The summed E-state index contributed by atoms with van der Waals surface area (Å²) >= 11 is 3.06. The van der Waals surface area contributed by atoms with Crippen molar-refractivity contribution in [2.75, 3.05) is 0 Å². The zero-order chi connectivity index (χ0) is 9.42. The monoisotopic (exact) mass is 243 g/mol. The van der Waals surface area contributed by atoms with E-state index in [4.69, 9.17) is 0 Å². The molecule has 0 aliphatic rings. The van der Waals surface area contributed by atoms with Crippen LogP contribution in [0.15, 0.2) is 29.0 Å². The average Bonchev–Trinajstić information content (AvgIpc) is 2.12. The van der Waals surface area contributed by atoms with Gasteiger partial charge in [0.2, 0.25) is 0 Å². The predicted molar refractivity (Wildman–Crippen MR) is 49.4 cm³/mol. The lowest BCUT2D eigenvalue weighted by molar-refractivity contribution is 0.617. The predicted octanol–water partition coefficient (Wildman–Crippen LogP) is 3.28. The third kappa shape index (κ3) is 1.31. The molecule has 13 heavy (non-hydrogen) atoms. The van der Waals surface area contributed by atoms with Crippen LogP contribution in [-0.4, -0.2) is 4.98 Å². The van der Waals surface area contributed by atoms with Crippen LogP contribution in [0, 0.1) is 11.6 Å². The second-order valence-corrected chi connectivity index (χ2v) is 3.30. The highest BCUT2D eigenvalue weighted by atomic mass is 79.9. The number of fused-ring (bicyclic) bond motifs is 1. The summed E-state index contributed by atoms with van der Waals surface area (Å²) in [6.45, 7) is 0. The van der Waals surface area contributed by atoms with Crippen molar-refractivity contribution >= 4 is 26.7 Å². The zero-order valence-electron chi connectivity index (χ0n) is 6.39. The maximum Gasteiger partial charge on any atom is 0.133 e. The molecule has 0 aliphatic carbocycles. The van der Waals surface area contributed by atoms with Crippen molar-refractivity contribution in [3.05, 3.63) is 40.6 Å². The molecule has 0 saturated carbocycles. The van der Waals surface area contributed by atoms with Gasteiger partial charge in [-0.3, -0.25) is 0 Å². The molecular weight excluding hydrogens is 240 g/mol. The smallest absolute Gasteiger partial charge is 0.133 e. The minimum Gasteiger partial charge on any atom is -0.249 e. The lowest BCUT2D eigenvalue weighted by Gasteiger charge is -2.01. The zero-order valence-corrected chi connectivity index (χ0v) is 7.98. The van der Waals surface area contributed by atoms with Gasteiger partial charge in [0.25, 0.3) is 0 Å². The number of pyridine rings is 1. The molecule has 0 saturated heterocycles. The molecule has 0 N–H and O–H groups in total. The van der Waals surface area contributed by atoms with Crippen LogP contribution in [-0.2, 0) is 0 Å². The van der Waals surface area contributed by atoms with E-state index in [1.807, 2.05) is 0 Å². The lowest BCUT2D eigenvalue weighted by Crippen LogP contribution is -1.87. The molecule has 1 heterocycles. The number of nitrogens with zero attached hydrogens (tertiary/aromatic N) is 1. The maximum absolute atomic E-state index is 13.2. The Morgan fingerprint density at radius 1 is 1.08 bits per heavy atom. The molecule has 0 aliphatic heterocycles. The first-order valence-corrected chi connectivity index (χ1v) is 4.37. The Morgan fingerprint density at radius 2 is 1.77 bits per heavy atom. The van der Waals surface area contributed by atoms with E-state index in [0.29, 0.717) is 4.60 Å². The van der Waals surface area contributed by atoms with E-state index in [2.05, 4.69) is 20.9 Å². The summed E-state index contributed by atoms with van der Waals surface area (Å²) in [6.07, 6.45) is 1.43. The summed E-state index contributed by atoms with van der Waals surface area (Å²) in [7, 11) is 0. The summed E-state index contributed by atoms with van der Waals surface area (Å²) in [5.41, 5.74) is 0. The van der Waals surface area contributed by atoms with Gasteiger partial charge in [-0.15, -0.1) is 0 Å². The van der Waals surface area contributed by atoms with Gasteiger partial charge in [0.1, 0.15) is 16.2 Å². The number of hydrogen-bond acceptors (Lipinski definition) is 1. The highest BCUT2D eigenvalue weighted by molar-refractivity contribution is 9.10. The largest absolute Gasteiger partial charge is 0.249 e. The van der Waals surface area contributed by atoms with Gasteiger partial charge in [0, 0.05) is 11.6 Å².